The van der Waals surface area contributed by atoms with Crippen LogP contribution in [0, 0.1) is 0 Å². The van der Waals surface area contributed by atoms with Gasteiger partial charge in [0.05, 0.1) is 0 Å². The van der Waals surface area contributed by atoms with E-state index in [2.05, 4.69) is 4.74 Å². The average Bonchev–Trinajstić information content (AvgIpc) is 2.71. The first-order valence-corrected chi connectivity index (χ1v) is 8.55. The highest BCUT2D eigenvalue weighted by atomic mass is 35.5. The Morgan fingerprint density at radius 2 is 1.96 bits per heavy atom. The zero-order chi connectivity index (χ0) is 18.5. The first-order valence-electron chi connectivity index (χ1n) is 7.03. The molecule has 1 unspecified atom stereocenters. The number of hydrogen-bond donors (Lipinski definition) is 2. The first kappa shape index (κ1) is 22.5. The van der Waals surface area contributed by atoms with Gasteiger partial charge in [0.2, 0.25) is 0 Å². The molecular formula is C15H22ClN2O5P. The topological polar surface area (TPSA) is 122 Å². The predicted octanol–water partition coefficient (Wildman–Crippen LogP) is 1.86. The van der Waals surface area contributed by atoms with Gasteiger partial charge >= 0.3 is 11.9 Å². The van der Waals surface area contributed by atoms with E-state index in [9.17, 15) is 14.4 Å². The van der Waals surface area contributed by atoms with Crippen LogP contribution in [0.4, 0.5) is 0 Å². The van der Waals surface area contributed by atoms with Gasteiger partial charge in [-0.15, -0.1) is 11.6 Å². The number of carbonyl (C=O) groups excluding carboxylic acids is 3. The first-order chi connectivity index (χ1) is 11.3. The highest BCUT2D eigenvalue weighted by Crippen LogP contribution is 2.23. The lowest BCUT2D eigenvalue weighted by molar-refractivity contribution is -0.140. The molecule has 0 amide bonds. The van der Waals surface area contributed by atoms with E-state index in [1.54, 1.807) is 18.2 Å². The van der Waals surface area contributed by atoms with Gasteiger partial charge in [-0.3, -0.25) is 20.8 Å². The number of esters is 1. The molecule has 0 saturated heterocycles. The Kier molecular flexibility index (Phi) is 12.0. The fourth-order valence-electron chi connectivity index (χ4n) is 1.69. The van der Waals surface area contributed by atoms with Crippen LogP contribution in [0.1, 0.15) is 26.7 Å². The van der Waals surface area contributed by atoms with Crippen molar-refractivity contribution in [3.05, 3.63) is 34.9 Å². The molecular weight excluding hydrogens is 355 g/mol. The zero-order valence-corrected chi connectivity index (χ0v) is 15.4. The Hall–Kier alpha value is -1.53. The normalized spacial score (nSPS) is 13.8. The van der Waals surface area contributed by atoms with E-state index in [0.717, 1.165) is 5.57 Å². The molecule has 0 fully saturated rings. The number of ketones is 1. The van der Waals surface area contributed by atoms with Crippen LogP contribution >= 0.6 is 20.6 Å². The minimum atomic E-state index is -0.447. The molecule has 0 heterocycles. The molecule has 1 aliphatic rings. The highest BCUT2D eigenvalue weighted by molar-refractivity contribution is 7.29. The van der Waals surface area contributed by atoms with Gasteiger partial charge in [0.1, 0.15) is 15.7 Å². The fourth-order valence-corrected chi connectivity index (χ4v) is 2.17. The quantitative estimate of drug-likeness (QED) is 0.314. The van der Waals surface area contributed by atoms with Crippen LogP contribution < -0.4 is 11.2 Å². The molecule has 9 heteroatoms. The molecule has 24 heavy (non-hydrogen) atoms. The maximum absolute atomic E-state index is 11.6. The van der Waals surface area contributed by atoms with Gasteiger partial charge in [0, 0.05) is 30.4 Å². The number of rotatable bonds is 6. The summed E-state index contributed by atoms with van der Waals surface area (Å²) in [5.74, 6) is -0.388. The Morgan fingerprint density at radius 3 is 2.38 bits per heavy atom. The summed E-state index contributed by atoms with van der Waals surface area (Å²) >= 11 is 5.70. The molecule has 0 aliphatic heterocycles. The third-order valence-corrected chi connectivity index (χ3v) is 3.26. The molecule has 0 aromatic carbocycles. The monoisotopic (exact) mass is 376 g/mol. The van der Waals surface area contributed by atoms with Gasteiger partial charge in [-0.2, -0.15) is 0 Å². The molecule has 0 radical (unpaired) electrons. The lowest BCUT2D eigenvalue weighted by Gasteiger charge is -2.07. The Morgan fingerprint density at radius 1 is 1.29 bits per heavy atom. The Labute approximate surface area is 148 Å². The SMILES string of the molecule is CC(=O)C1=CC=C(C(=O)OPN)CC(CCCl)=C1.CC(=O)OCN. The summed E-state index contributed by atoms with van der Waals surface area (Å²) in [6.07, 6.45) is 6.08. The lowest BCUT2D eigenvalue weighted by Crippen LogP contribution is -2.07. The van der Waals surface area contributed by atoms with E-state index < -0.39 is 5.97 Å². The molecule has 134 valence electrons. The van der Waals surface area contributed by atoms with Crippen molar-refractivity contribution >= 4 is 38.3 Å². The van der Waals surface area contributed by atoms with Crippen molar-refractivity contribution in [2.24, 2.45) is 11.2 Å². The molecule has 1 atom stereocenters. The standard InChI is InChI=1S/C12H15ClNO3P.C3H7NO2/c1-8(15)10-2-3-11(12(16)17-18-14)7-9(6-10)4-5-13;1-3(5)6-2-4/h2-3,6,18H,4-5,7,14H2,1H3;2,4H2,1H3. The van der Waals surface area contributed by atoms with Crippen molar-refractivity contribution in [3.8, 4) is 0 Å². The van der Waals surface area contributed by atoms with Crippen molar-refractivity contribution < 1.29 is 23.6 Å². The summed E-state index contributed by atoms with van der Waals surface area (Å²) in [6, 6.07) is 0. The summed E-state index contributed by atoms with van der Waals surface area (Å²) in [5, 5.41) is 0. The number of ether oxygens (including phenoxy) is 1. The number of alkyl halides is 1. The number of halogens is 1. The minimum absolute atomic E-state index is 0.0185. The zero-order valence-electron chi connectivity index (χ0n) is 13.6. The van der Waals surface area contributed by atoms with E-state index in [0.29, 0.717) is 29.9 Å². The van der Waals surface area contributed by atoms with Gasteiger partial charge in [0.15, 0.2) is 5.78 Å². The van der Waals surface area contributed by atoms with E-state index in [1.807, 2.05) is 0 Å². The van der Waals surface area contributed by atoms with Crippen LogP contribution in [0.5, 0.6) is 0 Å². The van der Waals surface area contributed by atoms with Gasteiger partial charge in [-0.05, 0) is 13.3 Å². The summed E-state index contributed by atoms with van der Waals surface area (Å²) in [7, 11) is -0.381. The fraction of sp³-hybridized carbons (Fsp3) is 0.400. The number of carbonyl (C=O) groups is 3. The number of nitrogens with two attached hydrogens (primary N) is 2. The van der Waals surface area contributed by atoms with Crippen LogP contribution in [0.15, 0.2) is 34.9 Å². The van der Waals surface area contributed by atoms with Gasteiger partial charge in [-0.1, -0.05) is 23.8 Å². The van der Waals surface area contributed by atoms with Gasteiger partial charge < -0.3 is 9.26 Å². The minimum Gasteiger partial charge on any atom is -0.450 e. The summed E-state index contributed by atoms with van der Waals surface area (Å²) in [4.78, 5) is 32.8. The van der Waals surface area contributed by atoms with Crippen molar-refractivity contribution in [2.75, 3.05) is 12.6 Å². The smallest absolute Gasteiger partial charge is 0.338 e. The molecule has 7 nitrogen and oxygen atoms in total. The maximum Gasteiger partial charge on any atom is 0.338 e. The average molecular weight is 377 g/mol. The van der Waals surface area contributed by atoms with Gasteiger partial charge in [0.25, 0.3) is 0 Å². The summed E-state index contributed by atoms with van der Waals surface area (Å²) < 4.78 is 8.96. The van der Waals surface area contributed by atoms with E-state index in [1.165, 1.54) is 13.8 Å². The molecule has 0 bridgehead atoms. The van der Waals surface area contributed by atoms with Crippen LogP contribution in [0.3, 0.4) is 0 Å². The van der Waals surface area contributed by atoms with Crippen molar-refractivity contribution in [3.63, 3.8) is 0 Å². The van der Waals surface area contributed by atoms with E-state index in [-0.39, 0.29) is 27.4 Å². The van der Waals surface area contributed by atoms with Crippen molar-refractivity contribution in [2.45, 2.75) is 26.7 Å². The number of allylic oxidation sites excluding steroid dienone is 5. The Balaban J connectivity index is 0.000000754. The van der Waals surface area contributed by atoms with Crippen molar-refractivity contribution in [1.29, 1.82) is 0 Å². The lowest BCUT2D eigenvalue weighted by atomic mass is 10.0. The second kappa shape index (κ2) is 12.8. The van der Waals surface area contributed by atoms with Gasteiger partial charge in [-0.25, -0.2) is 4.79 Å². The molecule has 1 rings (SSSR count). The predicted molar refractivity (Wildman–Crippen MR) is 94.3 cm³/mol. The van der Waals surface area contributed by atoms with Crippen LogP contribution in [0.25, 0.3) is 0 Å². The van der Waals surface area contributed by atoms with E-state index in [4.69, 9.17) is 27.4 Å². The van der Waals surface area contributed by atoms with E-state index >= 15 is 0 Å². The molecule has 0 saturated carbocycles. The van der Waals surface area contributed by atoms with Crippen LogP contribution in [0.2, 0.25) is 0 Å². The third-order valence-electron chi connectivity index (χ3n) is 2.76. The molecule has 0 spiro atoms. The molecule has 4 N–H and O–H groups in total. The molecule has 1 aliphatic carbocycles. The van der Waals surface area contributed by atoms with Crippen LogP contribution in [-0.2, 0) is 23.6 Å². The highest BCUT2D eigenvalue weighted by Gasteiger charge is 2.16. The van der Waals surface area contributed by atoms with Crippen LogP contribution in [-0.4, -0.2) is 30.3 Å². The second-order valence-electron chi connectivity index (χ2n) is 4.60. The largest absolute Gasteiger partial charge is 0.450 e. The Bertz CT molecular complexity index is 558. The van der Waals surface area contributed by atoms with Crippen molar-refractivity contribution in [1.82, 2.24) is 0 Å². The summed E-state index contributed by atoms with van der Waals surface area (Å²) in [6.45, 7) is 2.78. The third kappa shape index (κ3) is 9.57. The number of Topliss-reactive ketones (excluding diaryl/α,β-unsaturated/α-hetero) is 1. The maximum atomic E-state index is 11.6. The molecule has 0 aromatic rings. The second-order valence-corrected chi connectivity index (χ2v) is 5.42. The molecule has 0 aromatic heterocycles. The number of hydrogen-bond acceptors (Lipinski definition) is 7. The summed E-state index contributed by atoms with van der Waals surface area (Å²) in [5.41, 5.74) is 12.0.